The Labute approximate surface area is 166 Å². The average Bonchev–Trinajstić information content (AvgIpc) is 2.65. The fourth-order valence-corrected chi connectivity index (χ4v) is 4.29. The zero-order valence-corrected chi connectivity index (χ0v) is 16.9. The van der Waals surface area contributed by atoms with Crippen molar-refractivity contribution in [3.05, 3.63) is 59.9 Å². The van der Waals surface area contributed by atoms with Crippen molar-refractivity contribution in [3.8, 4) is 5.75 Å². The lowest BCUT2D eigenvalue weighted by Crippen LogP contribution is -2.61. The van der Waals surface area contributed by atoms with Crippen LogP contribution in [0.3, 0.4) is 0 Å². The van der Waals surface area contributed by atoms with E-state index in [4.69, 9.17) is 4.74 Å². The highest BCUT2D eigenvalue weighted by atomic mass is 32.2. The number of rotatable bonds is 8. The molecule has 2 aromatic rings. The third-order valence-electron chi connectivity index (χ3n) is 4.90. The van der Waals surface area contributed by atoms with Gasteiger partial charge < -0.3 is 9.64 Å². The maximum atomic E-state index is 12.4. The number of carbonyl (C=O) groups excluding carboxylic acids is 1. The number of carbonyl (C=O) groups is 1. The smallest absolute Gasteiger partial charge is 0.223 e. The van der Waals surface area contributed by atoms with E-state index in [0.717, 1.165) is 16.9 Å². The van der Waals surface area contributed by atoms with Crippen molar-refractivity contribution < 1.29 is 17.9 Å². The van der Waals surface area contributed by atoms with E-state index in [2.05, 4.69) is 4.98 Å². The van der Waals surface area contributed by atoms with E-state index in [1.54, 1.807) is 30.5 Å². The Kier molecular flexibility index (Phi) is 6.31. The van der Waals surface area contributed by atoms with Gasteiger partial charge in [0.05, 0.1) is 19.4 Å². The van der Waals surface area contributed by atoms with Crippen molar-refractivity contribution in [2.24, 2.45) is 0 Å². The second-order valence-electron chi connectivity index (χ2n) is 6.97. The molecule has 0 bridgehead atoms. The largest absolute Gasteiger partial charge is 0.497 e. The summed E-state index contributed by atoms with van der Waals surface area (Å²) in [5.74, 6) is 0.831. The molecule has 0 saturated carbocycles. The zero-order valence-electron chi connectivity index (χ0n) is 16.1. The van der Waals surface area contributed by atoms with Crippen LogP contribution in [0.4, 0.5) is 0 Å². The Morgan fingerprint density at radius 3 is 2.50 bits per heavy atom. The fourth-order valence-electron chi connectivity index (χ4n) is 3.23. The minimum absolute atomic E-state index is 0.0434. The van der Waals surface area contributed by atoms with Gasteiger partial charge in [0.2, 0.25) is 15.9 Å². The van der Waals surface area contributed by atoms with Crippen molar-refractivity contribution in [1.29, 1.82) is 0 Å². The van der Waals surface area contributed by atoms with Crippen LogP contribution in [0.5, 0.6) is 5.75 Å². The molecule has 0 radical (unpaired) electrons. The molecule has 0 unspecified atom stereocenters. The van der Waals surface area contributed by atoms with Crippen LogP contribution in [-0.4, -0.2) is 61.0 Å². The second kappa shape index (κ2) is 8.70. The summed E-state index contributed by atoms with van der Waals surface area (Å²) in [5, 5.41) is 0. The maximum absolute atomic E-state index is 12.4. The van der Waals surface area contributed by atoms with Gasteiger partial charge in [0.15, 0.2) is 0 Å². The first kappa shape index (κ1) is 20.3. The summed E-state index contributed by atoms with van der Waals surface area (Å²) in [6.07, 6.45) is 5.57. The molecule has 1 saturated heterocycles. The van der Waals surface area contributed by atoms with Gasteiger partial charge in [-0.3, -0.25) is 9.78 Å². The molecular weight excluding hydrogens is 378 g/mol. The summed E-state index contributed by atoms with van der Waals surface area (Å²) in [6.45, 7) is 1.12. The van der Waals surface area contributed by atoms with Crippen molar-refractivity contribution in [2.75, 3.05) is 26.5 Å². The van der Waals surface area contributed by atoms with E-state index in [9.17, 15) is 13.2 Å². The number of ether oxygens (including phenoxy) is 1. The number of pyridine rings is 1. The Morgan fingerprint density at radius 2 is 1.93 bits per heavy atom. The van der Waals surface area contributed by atoms with Crippen molar-refractivity contribution in [2.45, 2.75) is 25.4 Å². The molecule has 1 aliphatic rings. The molecule has 2 heterocycles. The predicted molar refractivity (Wildman–Crippen MR) is 106 cm³/mol. The molecule has 1 aromatic heterocycles. The summed E-state index contributed by atoms with van der Waals surface area (Å²) in [7, 11) is -1.76. The maximum Gasteiger partial charge on any atom is 0.223 e. The number of hydrogen-bond acceptors (Lipinski definition) is 5. The van der Waals surface area contributed by atoms with E-state index in [0.29, 0.717) is 25.9 Å². The first-order chi connectivity index (χ1) is 13.4. The summed E-state index contributed by atoms with van der Waals surface area (Å²) in [6, 6.07) is 11.1. The Bertz CT molecular complexity index is 895. The van der Waals surface area contributed by atoms with E-state index in [1.165, 1.54) is 10.6 Å². The number of nitrogens with zero attached hydrogens (tertiary/aromatic N) is 3. The second-order valence-corrected chi connectivity index (χ2v) is 8.91. The van der Waals surface area contributed by atoms with Crippen molar-refractivity contribution in [1.82, 2.24) is 14.2 Å². The normalized spacial score (nSPS) is 14.8. The van der Waals surface area contributed by atoms with Crippen LogP contribution in [0.25, 0.3) is 0 Å². The molecule has 3 rings (SSSR count). The zero-order chi connectivity index (χ0) is 20.1. The van der Waals surface area contributed by atoms with Gasteiger partial charge in [-0.15, -0.1) is 0 Å². The SMILES string of the molecule is COc1ccc(CCC(=O)N2CC(N(Cc3cccnc3)S(C)(=O)=O)C2)cc1. The van der Waals surface area contributed by atoms with E-state index in [1.807, 2.05) is 30.3 Å². The van der Waals surface area contributed by atoms with E-state index < -0.39 is 10.0 Å². The van der Waals surface area contributed by atoms with Gasteiger partial charge in [-0.05, 0) is 35.7 Å². The van der Waals surface area contributed by atoms with Crippen LogP contribution >= 0.6 is 0 Å². The number of aryl methyl sites for hydroxylation is 1. The molecule has 150 valence electrons. The van der Waals surface area contributed by atoms with Crippen molar-refractivity contribution in [3.63, 3.8) is 0 Å². The molecule has 0 spiro atoms. The van der Waals surface area contributed by atoms with Crippen LogP contribution in [-0.2, 0) is 27.8 Å². The summed E-state index contributed by atoms with van der Waals surface area (Å²) in [5.41, 5.74) is 1.90. The molecule has 0 N–H and O–H groups in total. The minimum atomic E-state index is -3.38. The van der Waals surface area contributed by atoms with Crippen molar-refractivity contribution >= 4 is 15.9 Å². The third kappa shape index (κ3) is 5.08. The number of hydrogen-bond donors (Lipinski definition) is 0. The lowest BCUT2D eigenvalue weighted by Gasteiger charge is -2.44. The van der Waals surface area contributed by atoms with Gasteiger partial charge in [-0.1, -0.05) is 18.2 Å². The van der Waals surface area contributed by atoms with Crippen LogP contribution < -0.4 is 4.74 Å². The molecule has 1 amide bonds. The topological polar surface area (TPSA) is 79.8 Å². The number of aromatic nitrogens is 1. The molecule has 1 aliphatic heterocycles. The van der Waals surface area contributed by atoms with Gasteiger partial charge >= 0.3 is 0 Å². The summed E-state index contributed by atoms with van der Waals surface area (Å²) >= 11 is 0. The van der Waals surface area contributed by atoms with Gasteiger partial charge in [0, 0.05) is 38.4 Å². The highest BCUT2D eigenvalue weighted by Gasteiger charge is 2.38. The number of benzene rings is 1. The van der Waals surface area contributed by atoms with Gasteiger partial charge in [-0.2, -0.15) is 4.31 Å². The lowest BCUT2D eigenvalue weighted by molar-refractivity contribution is -0.137. The van der Waals surface area contributed by atoms with Gasteiger partial charge in [-0.25, -0.2) is 8.42 Å². The van der Waals surface area contributed by atoms with Gasteiger partial charge in [0.25, 0.3) is 0 Å². The Hall–Kier alpha value is -2.45. The first-order valence-electron chi connectivity index (χ1n) is 9.13. The average molecular weight is 404 g/mol. The summed E-state index contributed by atoms with van der Waals surface area (Å²) < 4.78 is 31.0. The molecule has 1 fully saturated rings. The molecular formula is C20H25N3O4S. The highest BCUT2D eigenvalue weighted by molar-refractivity contribution is 7.88. The third-order valence-corrected chi connectivity index (χ3v) is 6.18. The molecule has 0 atom stereocenters. The number of amides is 1. The quantitative estimate of drug-likeness (QED) is 0.670. The van der Waals surface area contributed by atoms with Crippen LogP contribution in [0, 0.1) is 0 Å². The minimum Gasteiger partial charge on any atom is -0.497 e. The van der Waals surface area contributed by atoms with E-state index >= 15 is 0 Å². The van der Waals surface area contributed by atoms with E-state index in [-0.39, 0.29) is 18.5 Å². The summed E-state index contributed by atoms with van der Waals surface area (Å²) in [4.78, 5) is 18.2. The molecule has 1 aromatic carbocycles. The monoisotopic (exact) mass is 403 g/mol. The lowest BCUT2D eigenvalue weighted by atomic mass is 10.1. The molecule has 28 heavy (non-hydrogen) atoms. The number of likely N-dealkylation sites (tertiary alicyclic amines) is 1. The molecule has 8 heteroatoms. The van der Waals surface area contributed by atoms with Crippen LogP contribution in [0.1, 0.15) is 17.5 Å². The molecule has 0 aliphatic carbocycles. The fraction of sp³-hybridized carbons (Fsp3) is 0.400. The molecule has 7 nitrogen and oxygen atoms in total. The predicted octanol–water partition coefficient (Wildman–Crippen LogP) is 1.70. The Morgan fingerprint density at radius 1 is 1.21 bits per heavy atom. The van der Waals surface area contributed by atoms with Gasteiger partial charge in [0.1, 0.15) is 5.75 Å². The van der Waals surface area contributed by atoms with Crippen LogP contribution in [0.2, 0.25) is 0 Å². The van der Waals surface area contributed by atoms with Crippen LogP contribution in [0.15, 0.2) is 48.8 Å². The number of sulfonamides is 1. The first-order valence-corrected chi connectivity index (χ1v) is 11.0. The Balaban J connectivity index is 1.52. The standard InChI is InChI=1S/C20H25N3O4S/c1-27-19-8-5-16(6-9-19)7-10-20(24)22-14-18(15-22)23(28(2,25)26)13-17-4-3-11-21-12-17/h3-6,8-9,11-12,18H,7,10,13-15H2,1-2H3. The number of methoxy groups -OCH3 is 1. The highest BCUT2D eigenvalue weighted by Crippen LogP contribution is 2.22.